The van der Waals surface area contributed by atoms with Crippen LogP contribution in [0.25, 0.3) is 11.3 Å². The fourth-order valence-corrected chi connectivity index (χ4v) is 4.18. The third-order valence-electron chi connectivity index (χ3n) is 2.54. The van der Waals surface area contributed by atoms with Crippen molar-refractivity contribution in [1.29, 1.82) is 0 Å². The molecule has 7 nitrogen and oxygen atoms in total. The maximum absolute atomic E-state index is 11.7. The van der Waals surface area contributed by atoms with Crippen molar-refractivity contribution in [3.63, 3.8) is 0 Å². The summed E-state index contributed by atoms with van der Waals surface area (Å²) in [5.41, 5.74) is 0.407. The highest BCUT2D eigenvalue weighted by atomic mass is 35.5. The summed E-state index contributed by atoms with van der Waals surface area (Å²) in [4.78, 5) is 10.7. The summed E-state index contributed by atoms with van der Waals surface area (Å²) in [6.07, 6.45) is 0. The van der Waals surface area contributed by atoms with Crippen LogP contribution >= 0.6 is 22.9 Å². The average Bonchev–Trinajstić information content (AvgIpc) is 2.81. The molecule has 20 heavy (non-hydrogen) atoms. The number of primary sulfonamides is 1. The van der Waals surface area contributed by atoms with Crippen molar-refractivity contribution < 1.29 is 22.8 Å². The van der Waals surface area contributed by atoms with Gasteiger partial charge in [-0.05, 0) is 13.8 Å². The van der Waals surface area contributed by atoms with Crippen LogP contribution in [0.4, 0.5) is 0 Å². The summed E-state index contributed by atoms with van der Waals surface area (Å²) in [5, 5.41) is 18.0. The first-order valence-corrected chi connectivity index (χ1v) is 7.90. The van der Waals surface area contributed by atoms with Crippen molar-refractivity contribution in [2.24, 2.45) is 5.14 Å². The number of carboxylic acid groups (broad SMARTS) is 1. The summed E-state index contributed by atoms with van der Waals surface area (Å²) < 4.78 is 28.4. The van der Waals surface area contributed by atoms with Gasteiger partial charge in [-0.1, -0.05) is 16.8 Å². The third kappa shape index (κ3) is 2.33. The predicted molar refractivity (Wildman–Crippen MR) is 72.6 cm³/mol. The lowest BCUT2D eigenvalue weighted by Gasteiger charge is -2.02. The van der Waals surface area contributed by atoms with Gasteiger partial charge >= 0.3 is 5.97 Å². The van der Waals surface area contributed by atoms with E-state index < -0.39 is 20.9 Å². The fourth-order valence-electron chi connectivity index (χ4n) is 1.71. The first-order chi connectivity index (χ1) is 9.14. The molecule has 108 valence electrons. The zero-order valence-electron chi connectivity index (χ0n) is 10.3. The van der Waals surface area contributed by atoms with E-state index in [2.05, 4.69) is 5.16 Å². The summed E-state index contributed by atoms with van der Waals surface area (Å²) in [6, 6.07) is 0. The number of sulfonamides is 1. The number of hydrogen-bond acceptors (Lipinski definition) is 6. The maximum atomic E-state index is 11.7. The van der Waals surface area contributed by atoms with Crippen molar-refractivity contribution in [2.45, 2.75) is 18.7 Å². The highest BCUT2D eigenvalue weighted by molar-refractivity contribution is 7.89. The number of rotatable bonds is 3. The normalized spacial score (nSPS) is 11.8. The monoisotopic (exact) mass is 336 g/mol. The zero-order chi connectivity index (χ0) is 15.2. The van der Waals surface area contributed by atoms with Crippen molar-refractivity contribution in [1.82, 2.24) is 5.16 Å². The molecule has 0 spiro atoms. The Morgan fingerprint density at radius 3 is 2.45 bits per heavy atom. The third-order valence-corrected chi connectivity index (χ3v) is 5.18. The van der Waals surface area contributed by atoms with Crippen molar-refractivity contribution >= 4 is 38.9 Å². The summed E-state index contributed by atoms with van der Waals surface area (Å²) in [6.45, 7) is 3.13. The fraction of sp³-hybridized carbons (Fsp3) is 0.200. The van der Waals surface area contributed by atoms with Gasteiger partial charge < -0.3 is 9.63 Å². The van der Waals surface area contributed by atoms with E-state index in [4.69, 9.17) is 26.4 Å². The van der Waals surface area contributed by atoms with Gasteiger partial charge in [0.1, 0.15) is 14.8 Å². The molecule has 2 aromatic rings. The Labute approximate surface area is 123 Å². The van der Waals surface area contributed by atoms with Gasteiger partial charge in [-0.2, -0.15) is 0 Å². The Balaban J connectivity index is 2.90. The first-order valence-electron chi connectivity index (χ1n) is 5.16. The SMILES string of the molecule is Cc1noc(-c2c(C)sc(C(=O)O)c2S(N)(=O)=O)c1Cl. The van der Waals surface area contributed by atoms with E-state index in [0.717, 1.165) is 11.3 Å². The molecular formula is C10H9ClN2O5S2. The quantitative estimate of drug-likeness (QED) is 0.883. The van der Waals surface area contributed by atoms with Crippen LogP contribution < -0.4 is 5.14 Å². The molecule has 0 aliphatic heterocycles. The molecule has 2 heterocycles. The lowest BCUT2D eigenvalue weighted by atomic mass is 10.2. The number of aromatic carboxylic acids is 1. The van der Waals surface area contributed by atoms with E-state index in [9.17, 15) is 13.2 Å². The number of nitrogens with zero attached hydrogens (tertiary/aromatic N) is 1. The van der Waals surface area contributed by atoms with Crippen LogP contribution in [-0.4, -0.2) is 24.7 Å². The smallest absolute Gasteiger partial charge is 0.347 e. The minimum atomic E-state index is -4.26. The summed E-state index contributed by atoms with van der Waals surface area (Å²) in [7, 11) is -4.26. The number of aryl methyl sites for hydroxylation is 2. The lowest BCUT2D eigenvalue weighted by molar-refractivity contribution is 0.0698. The molecule has 0 bridgehead atoms. The summed E-state index contributed by atoms with van der Waals surface area (Å²) in [5.74, 6) is -1.39. The molecule has 0 aromatic carbocycles. The molecule has 0 radical (unpaired) electrons. The van der Waals surface area contributed by atoms with Crippen molar-refractivity contribution in [2.75, 3.05) is 0 Å². The number of aromatic nitrogens is 1. The number of thiophene rings is 1. The van der Waals surface area contributed by atoms with Gasteiger partial charge in [0.15, 0.2) is 5.76 Å². The minimum absolute atomic E-state index is 0.00515. The van der Waals surface area contributed by atoms with Crippen LogP contribution in [0.2, 0.25) is 5.02 Å². The van der Waals surface area contributed by atoms with Crippen LogP contribution in [0.3, 0.4) is 0 Å². The Kier molecular flexibility index (Phi) is 3.63. The highest BCUT2D eigenvalue weighted by Gasteiger charge is 2.32. The second kappa shape index (κ2) is 4.85. The highest BCUT2D eigenvalue weighted by Crippen LogP contribution is 2.42. The predicted octanol–water partition coefficient (Wildman–Crippen LogP) is 2.02. The van der Waals surface area contributed by atoms with Gasteiger partial charge in [-0.15, -0.1) is 11.3 Å². The van der Waals surface area contributed by atoms with Crippen LogP contribution in [0, 0.1) is 13.8 Å². The molecule has 0 amide bonds. The Morgan fingerprint density at radius 1 is 1.45 bits per heavy atom. The molecular weight excluding hydrogens is 328 g/mol. The molecule has 3 N–H and O–H groups in total. The number of nitrogens with two attached hydrogens (primary N) is 1. The van der Waals surface area contributed by atoms with Gasteiger partial charge in [-0.25, -0.2) is 18.4 Å². The van der Waals surface area contributed by atoms with Crippen LogP contribution in [0.5, 0.6) is 0 Å². The van der Waals surface area contributed by atoms with E-state index in [0.29, 0.717) is 10.6 Å². The van der Waals surface area contributed by atoms with E-state index in [-0.39, 0.29) is 21.2 Å². The molecule has 0 fully saturated rings. The number of hydrogen-bond donors (Lipinski definition) is 2. The Bertz CT molecular complexity index is 806. The second-order valence-corrected chi connectivity index (χ2v) is 7.05. The Hall–Kier alpha value is -1.42. The molecule has 0 aliphatic rings. The average molecular weight is 337 g/mol. The van der Waals surface area contributed by atoms with E-state index in [1.165, 1.54) is 0 Å². The number of halogens is 1. The molecule has 2 rings (SSSR count). The van der Waals surface area contributed by atoms with Gasteiger partial charge in [0.25, 0.3) is 0 Å². The number of carboxylic acids is 1. The molecule has 0 aliphatic carbocycles. The van der Waals surface area contributed by atoms with E-state index in [1.807, 2.05) is 0 Å². The first kappa shape index (κ1) is 15.0. The Morgan fingerprint density at radius 2 is 2.05 bits per heavy atom. The van der Waals surface area contributed by atoms with Crippen LogP contribution in [0.15, 0.2) is 9.42 Å². The minimum Gasteiger partial charge on any atom is -0.477 e. The van der Waals surface area contributed by atoms with Crippen LogP contribution in [0.1, 0.15) is 20.2 Å². The van der Waals surface area contributed by atoms with Gasteiger partial charge in [0, 0.05) is 4.88 Å². The van der Waals surface area contributed by atoms with Crippen LogP contribution in [-0.2, 0) is 10.0 Å². The second-order valence-electron chi connectivity index (χ2n) is 3.95. The summed E-state index contributed by atoms with van der Waals surface area (Å²) >= 11 is 6.78. The molecule has 2 aromatic heterocycles. The van der Waals surface area contributed by atoms with Gasteiger partial charge in [0.05, 0.1) is 11.3 Å². The topological polar surface area (TPSA) is 123 Å². The van der Waals surface area contributed by atoms with Crippen molar-refractivity contribution in [3.8, 4) is 11.3 Å². The largest absolute Gasteiger partial charge is 0.477 e. The maximum Gasteiger partial charge on any atom is 0.347 e. The van der Waals surface area contributed by atoms with E-state index >= 15 is 0 Å². The molecule has 0 atom stereocenters. The lowest BCUT2D eigenvalue weighted by Crippen LogP contribution is -2.15. The molecule has 0 unspecified atom stereocenters. The van der Waals surface area contributed by atoms with Gasteiger partial charge in [-0.3, -0.25) is 0 Å². The molecule has 0 saturated carbocycles. The number of carbonyl (C=O) groups is 1. The van der Waals surface area contributed by atoms with Gasteiger partial charge in [0.2, 0.25) is 10.0 Å². The standard InChI is InChI=1S/C10H9ClN2O5S2/c1-3-6(11)7(18-13-3)5-4(2)19-8(10(14)15)9(5)20(12,16)17/h1-2H3,(H,14,15)(H2,12,16,17). The zero-order valence-corrected chi connectivity index (χ0v) is 12.7. The van der Waals surface area contributed by atoms with Crippen molar-refractivity contribution in [3.05, 3.63) is 20.5 Å². The van der Waals surface area contributed by atoms with E-state index in [1.54, 1.807) is 13.8 Å². The molecule has 0 saturated heterocycles. The molecule has 10 heteroatoms.